The number of halogens is 2. The van der Waals surface area contributed by atoms with Crippen molar-refractivity contribution in [1.82, 2.24) is 5.32 Å². The molecule has 0 fully saturated rings. The van der Waals surface area contributed by atoms with Crippen LogP contribution in [-0.2, 0) is 19.7 Å². The van der Waals surface area contributed by atoms with Gasteiger partial charge in [-0.25, -0.2) is 0 Å². The summed E-state index contributed by atoms with van der Waals surface area (Å²) in [6.07, 6.45) is 0. The molecule has 0 bridgehead atoms. The standard InChI is InChI=1S/C23H23BrClNO2/c1-16-6-8-17(9-7-16)13-26-14-19-11-21(24)23(22(12-19)27-2)28-15-18-4-3-5-20(25)10-18/h3-12,26H,13-15H2,1-2H3. The van der Waals surface area contributed by atoms with Crippen molar-refractivity contribution in [2.45, 2.75) is 26.6 Å². The fraction of sp³-hybridized carbons (Fsp3) is 0.217. The quantitative estimate of drug-likeness (QED) is 0.428. The van der Waals surface area contributed by atoms with Crippen molar-refractivity contribution >= 4 is 27.5 Å². The Labute approximate surface area is 179 Å². The van der Waals surface area contributed by atoms with Crippen molar-refractivity contribution in [3.05, 3.63) is 92.4 Å². The minimum absolute atomic E-state index is 0.417. The number of rotatable bonds is 8. The molecule has 0 aliphatic rings. The summed E-state index contributed by atoms with van der Waals surface area (Å²) >= 11 is 9.65. The molecule has 5 heteroatoms. The lowest BCUT2D eigenvalue weighted by Gasteiger charge is -2.15. The van der Waals surface area contributed by atoms with Crippen LogP contribution >= 0.6 is 27.5 Å². The average Bonchev–Trinajstić information content (AvgIpc) is 2.68. The maximum absolute atomic E-state index is 6.04. The molecular formula is C23H23BrClNO2. The minimum atomic E-state index is 0.417. The summed E-state index contributed by atoms with van der Waals surface area (Å²) in [6, 6.07) is 20.2. The van der Waals surface area contributed by atoms with Crippen molar-refractivity contribution in [3.8, 4) is 11.5 Å². The summed E-state index contributed by atoms with van der Waals surface area (Å²) < 4.78 is 12.4. The Balaban J connectivity index is 1.64. The highest BCUT2D eigenvalue weighted by Gasteiger charge is 2.12. The number of methoxy groups -OCH3 is 1. The molecule has 28 heavy (non-hydrogen) atoms. The van der Waals surface area contributed by atoms with Crippen molar-refractivity contribution in [3.63, 3.8) is 0 Å². The molecule has 146 valence electrons. The number of benzene rings is 3. The van der Waals surface area contributed by atoms with Crippen LogP contribution in [0.4, 0.5) is 0 Å². The Morgan fingerprint density at radius 1 is 0.929 bits per heavy atom. The van der Waals surface area contributed by atoms with E-state index >= 15 is 0 Å². The lowest BCUT2D eigenvalue weighted by Crippen LogP contribution is -2.13. The second-order valence-corrected chi connectivity index (χ2v) is 7.91. The molecule has 0 aromatic heterocycles. The third kappa shape index (κ3) is 5.74. The Morgan fingerprint density at radius 2 is 1.68 bits per heavy atom. The van der Waals surface area contributed by atoms with Crippen LogP contribution in [0, 0.1) is 6.92 Å². The summed E-state index contributed by atoms with van der Waals surface area (Å²) in [6.45, 7) is 4.06. The Hall–Kier alpha value is -2.01. The van der Waals surface area contributed by atoms with E-state index in [1.807, 2.05) is 30.3 Å². The number of nitrogens with one attached hydrogen (secondary N) is 1. The van der Waals surface area contributed by atoms with Gasteiger partial charge in [-0.15, -0.1) is 0 Å². The Morgan fingerprint density at radius 3 is 2.39 bits per heavy atom. The Kier molecular flexibility index (Phi) is 7.37. The second-order valence-electron chi connectivity index (χ2n) is 6.62. The first-order valence-electron chi connectivity index (χ1n) is 9.05. The maximum atomic E-state index is 6.04. The van der Waals surface area contributed by atoms with Crippen LogP contribution in [0.5, 0.6) is 11.5 Å². The molecule has 1 N–H and O–H groups in total. The highest BCUT2D eigenvalue weighted by Crippen LogP contribution is 2.37. The van der Waals surface area contributed by atoms with Gasteiger partial charge in [-0.1, -0.05) is 53.6 Å². The smallest absolute Gasteiger partial charge is 0.175 e. The highest BCUT2D eigenvalue weighted by molar-refractivity contribution is 9.10. The van der Waals surface area contributed by atoms with E-state index in [4.69, 9.17) is 21.1 Å². The highest BCUT2D eigenvalue weighted by atomic mass is 79.9. The molecule has 3 aromatic carbocycles. The fourth-order valence-corrected chi connectivity index (χ4v) is 3.67. The van der Waals surface area contributed by atoms with Gasteiger partial charge in [0.25, 0.3) is 0 Å². The number of hydrogen-bond acceptors (Lipinski definition) is 3. The van der Waals surface area contributed by atoms with Gasteiger partial charge in [-0.3, -0.25) is 0 Å². The molecule has 0 spiro atoms. The van der Waals surface area contributed by atoms with Gasteiger partial charge in [0.1, 0.15) is 6.61 Å². The number of aryl methyl sites for hydroxylation is 1. The largest absolute Gasteiger partial charge is 0.493 e. The van der Waals surface area contributed by atoms with Gasteiger partial charge in [-0.2, -0.15) is 0 Å². The molecular weight excluding hydrogens is 438 g/mol. The van der Waals surface area contributed by atoms with Gasteiger partial charge in [-0.05, 0) is 63.8 Å². The molecule has 0 amide bonds. The van der Waals surface area contributed by atoms with E-state index in [0.717, 1.165) is 28.7 Å². The zero-order valence-corrected chi connectivity index (χ0v) is 18.3. The van der Waals surface area contributed by atoms with E-state index in [0.29, 0.717) is 23.1 Å². The second kappa shape index (κ2) is 9.97. The predicted octanol–water partition coefficient (Wildman–Crippen LogP) is 6.29. The minimum Gasteiger partial charge on any atom is -0.493 e. The first-order chi connectivity index (χ1) is 13.5. The Bertz CT molecular complexity index is 928. The normalized spacial score (nSPS) is 10.7. The topological polar surface area (TPSA) is 30.5 Å². The maximum Gasteiger partial charge on any atom is 0.175 e. The number of ether oxygens (including phenoxy) is 2. The lowest BCUT2D eigenvalue weighted by atomic mass is 10.1. The lowest BCUT2D eigenvalue weighted by molar-refractivity contribution is 0.282. The van der Waals surface area contributed by atoms with Crippen LogP contribution in [0.15, 0.2) is 65.1 Å². The predicted molar refractivity (Wildman–Crippen MR) is 118 cm³/mol. The zero-order valence-electron chi connectivity index (χ0n) is 16.0. The molecule has 0 aliphatic carbocycles. The third-order valence-corrected chi connectivity index (χ3v) is 5.16. The van der Waals surface area contributed by atoms with Gasteiger partial charge >= 0.3 is 0 Å². The summed E-state index contributed by atoms with van der Waals surface area (Å²) in [4.78, 5) is 0. The SMILES string of the molecule is COc1cc(CNCc2ccc(C)cc2)cc(Br)c1OCc1cccc(Cl)c1. The van der Waals surface area contributed by atoms with E-state index in [1.165, 1.54) is 11.1 Å². The van der Waals surface area contributed by atoms with Crippen LogP contribution < -0.4 is 14.8 Å². The van der Waals surface area contributed by atoms with Gasteiger partial charge in [0, 0.05) is 18.1 Å². The van der Waals surface area contributed by atoms with Crippen LogP contribution in [-0.4, -0.2) is 7.11 Å². The van der Waals surface area contributed by atoms with Gasteiger partial charge < -0.3 is 14.8 Å². The molecule has 0 saturated heterocycles. The number of hydrogen-bond donors (Lipinski definition) is 1. The molecule has 0 saturated carbocycles. The summed E-state index contributed by atoms with van der Waals surface area (Å²) in [5.41, 5.74) is 4.65. The van der Waals surface area contributed by atoms with Crippen LogP contribution in [0.3, 0.4) is 0 Å². The summed E-state index contributed by atoms with van der Waals surface area (Å²) in [7, 11) is 1.65. The van der Waals surface area contributed by atoms with E-state index in [9.17, 15) is 0 Å². The van der Waals surface area contributed by atoms with Gasteiger partial charge in [0.05, 0.1) is 11.6 Å². The molecule has 0 atom stereocenters. The molecule has 0 heterocycles. The van der Waals surface area contributed by atoms with Gasteiger partial charge in [0.2, 0.25) is 0 Å². The monoisotopic (exact) mass is 459 g/mol. The van der Waals surface area contributed by atoms with E-state index in [2.05, 4.69) is 58.5 Å². The molecule has 0 aliphatic heterocycles. The molecule has 3 nitrogen and oxygen atoms in total. The van der Waals surface area contributed by atoms with Crippen molar-refractivity contribution < 1.29 is 9.47 Å². The van der Waals surface area contributed by atoms with Crippen molar-refractivity contribution in [1.29, 1.82) is 0 Å². The average molecular weight is 461 g/mol. The molecule has 0 unspecified atom stereocenters. The molecule has 0 radical (unpaired) electrons. The zero-order chi connectivity index (χ0) is 19.9. The first kappa shape index (κ1) is 20.7. The summed E-state index contributed by atoms with van der Waals surface area (Å²) in [5, 5.41) is 4.16. The van der Waals surface area contributed by atoms with Crippen LogP contribution in [0.25, 0.3) is 0 Å². The van der Waals surface area contributed by atoms with Crippen LogP contribution in [0.1, 0.15) is 22.3 Å². The molecule has 3 aromatic rings. The third-order valence-electron chi connectivity index (χ3n) is 4.34. The summed E-state index contributed by atoms with van der Waals surface area (Å²) in [5.74, 6) is 1.38. The van der Waals surface area contributed by atoms with E-state index < -0.39 is 0 Å². The van der Waals surface area contributed by atoms with Gasteiger partial charge in [0.15, 0.2) is 11.5 Å². The van der Waals surface area contributed by atoms with Crippen molar-refractivity contribution in [2.75, 3.05) is 7.11 Å². The molecule has 3 rings (SSSR count). The van der Waals surface area contributed by atoms with Crippen LogP contribution in [0.2, 0.25) is 5.02 Å². The first-order valence-corrected chi connectivity index (χ1v) is 10.2. The van der Waals surface area contributed by atoms with E-state index in [1.54, 1.807) is 7.11 Å². The van der Waals surface area contributed by atoms with E-state index in [-0.39, 0.29) is 0 Å². The fourth-order valence-electron chi connectivity index (χ4n) is 2.85. The van der Waals surface area contributed by atoms with Crippen molar-refractivity contribution in [2.24, 2.45) is 0 Å².